The molecule has 4 aromatic carbocycles. The molecule has 5 aromatic rings. The molecule has 0 spiro atoms. The molecule has 0 radical (unpaired) electrons. The molecule has 0 saturated heterocycles. The normalized spacial score (nSPS) is 11.7. The lowest BCUT2D eigenvalue weighted by Crippen LogP contribution is -2.18. The Balaban J connectivity index is 1.76. The van der Waals surface area contributed by atoms with Crippen molar-refractivity contribution in [2.75, 3.05) is 0 Å². The summed E-state index contributed by atoms with van der Waals surface area (Å²) in [7, 11) is 0. The molecule has 0 unspecified atom stereocenters. The van der Waals surface area contributed by atoms with Crippen LogP contribution < -0.4 is 0 Å². The van der Waals surface area contributed by atoms with Gasteiger partial charge in [0.1, 0.15) is 5.82 Å². The maximum atomic E-state index is 10.1. The molecule has 0 aliphatic carbocycles. The zero-order chi connectivity index (χ0) is 24.7. The Morgan fingerprint density at radius 2 is 1.60 bits per heavy atom. The predicted molar refractivity (Wildman–Crippen MR) is 140 cm³/mol. The average molecular weight is 459 g/mol. The van der Waals surface area contributed by atoms with Gasteiger partial charge in [-0.3, -0.25) is 0 Å². The number of nitrogens with one attached hydrogen (secondary N) is 1. The Hall–Kier alpha value is -4.19. The minimum atomic E-state index is -0.666. The number of nitriles is 2. The first-order valence-electron chi connectivity index (χ1n) is 11.8. The fraction of sp³-hybridized carbons (Fsp3) is 0.233. The number of fused-ring (bicyclic) bond motifs is 6. The SMILES string of the molecule is Cc1ccc2c(c1)c1cc(CCCC(C)(C)O)ccc1c1nc(-c3c(C#N)cccc3C#N)[nH]c21. The molecule has 172 valence electrons. The largest absolute Gasteiger partial charge is 0.390 e. The molecule has 1 heterocycles. The van der Waals surface area contributed by atoms with Gasteiger partial charge in [-0.05, 0) is 68.5 Å². The van der Waals surface area contributed by atoms with Crippen molar-refractivity contribution in [1.29, 1.82) is 10.5 Å². The minimum absolute atomic E-state index is 0.418. The van der Waals surface area contributed by atoms with Crippen molar-refractivity contribution >= 4 is 32.6 Å². The zero-order valence-electron chi connectivity index (χ0n) is 20.1. The molecule has 0 atom stereocenters. The lowest BCUT2D eigenvalue weighted by Gasteiger charge is -2.16. The van der Waals surface area contributed by atoms with Crippen LogP contribution in [0.2, 0.25) is 0 Å². The first-order chi connectivity index (χ1) is 16.8. The van der Waals surface area contributed by atoms with E-state index in [1.807, 2.05) is 13.8 Å². The summed E-state index contributed by atoms with van der Waals surface area (Å²) in [6.45, 7) is 5.78. The molecular weight excluding hydrogens is 432 g/mol. The number of aromatic amines is 1. The van der Waals surface area contributed by atoms with Crippen molar-refractivity contribution in [3.8, 4) is 23.5 Å². The van der Waals surface area contributed by atoms with Crippen LogP contribution >= 0.6 is 0 Å². The number of benzene rings is 4. The van der Waals surface area contributed by atoms with E-state index in [0.717, 1.165) is 51.8 Å². The van der Waals surface area contributed by atoms with Crippen LogP contribution in [-0.2, 0) is 6.42 Å². The Bertz CT molecular complexity index is 1660. The molecule has 5 nitrogen and oxygen atoms in total. The number of rotatable bonds is 5. The van der Waals surface area contributed by atoms with Crippen LogP contribution in [0.5, 0.6) is 0 Å². The number of hydrogen-bond donors (Lipinski definition) is 2. The summed E-state index contributed by atoms with van der Waals surface area (Å²) in [4.78, 5) is 8.37. The van der Waals surface area contributed by atoms with Gasteiger partial charge in [0.15, 0.2) is 0 Å². The molecular formula is C30H26N4O. The lowest BCUT2D eigenvalue weighted by molar-refractivity contribution is 0.0689. The third-order valence-electron chi connectivity index (χ3n) is 6.57. The first kappa shape index (κ1) is 22.6. The second kappa shape index (κ2) is 8.55. The zero-order valence-corrected chi connectivity index (χ0v) is 20.1. The Morgan fingerprint density at radius 1 is 0.914 bits per heavy atom. The van der Waals surface area contributed by atoms with Crippen molar-refractivity contribution in [3.05, 3.63) is 76.9 Å². The van der Waals surface area contributed by atoms with Crippen LogP contribution in [-0.4, -0.2) is 20.7 Å². The number of aliphatic hydroxyl groups is 1. The van der Waals surface area contributed by atoms with Gasteiger partial charge in [-0.15, -0.1) is 0 Å². The van der Waals surface area contributed by atoms with Crippen molar-refractivity contribution in [2.24, 2.45) is 0 Å². The smallest absolute Gasteiger partial charge is 0.141 e. The highest BCUT2D eigenvalue weighted by Crippen LogP contribution is 2.37. The molecule has 35 heavy (non-hydrogen) atoms. The van der Waals surface area contributed by atoms with Crippen molar-refractivity contribution in [3.63, 3.8) is 0 Å². The lowest BCUT2D eigenvalue weighted by atomic mass is 9.94. The van der Waals surface area contributed by atoms with E-state index < -0.39 is 5.60 Å². The first-order valence-corrected chi connectivity index (χ1v) is 11.8. The van der Waals surface area contributed by atoms with Crippen LogP contribution in [0.3, 0.4) is 0 Å². The summed E-state index contributed by atoms with van der Waals surface area (Å²) in [6, 6.07) is 22.4. The maximum absolute atomic E-state index is 10.1. The van der Waals surface area contributed by atoms with E-state index >= 15 is 0 Å². The maximum Gasteiger partial charge on any atom is 0.141 e. The van der Waals surface area contributed by atoms with Crippen molar-refractivity contribution < 1.29 is 5.11 Å². The monoisotopic (exact) mass is 458 g/mol. The van der Waals surface area contributed by atoms with Gasteiger partial charge >= 0.3 is 0 Å². The number of hydrogen-bond acceptors (Lipinski definition) is 4. The van der Waals surface area contributed by atoms with Gasteiger partial charge in [-0.1, -0.05) is 48.0 Å². The van der Waals surface area contributed by atoms with Gasteiger partial charge < -0.3 is 10.1 Å². The fourth-order valence-electron chi connectivity index (χ4n) is 4.88. The highest BCUT2D eigenvalue weighted by atomic mass is 16.3. The fourth-order valence-corrected chi connectivity index (χ4v) is 4.88. The standard InChI is InChI=1S/C30H26N4O/c1-18-9-11-22-24(14-18)25-15-19(6-5-13-30(2,3)35)10-12-23(25)28-27(22)33-29(34-28)26-20(16-31)7-4-8-21(26)17-32/h4,7-12,14-15,35H,5-6,13H2,1-3H3,(H,33,34). The van der Waals surface area contributed by atoms with Gasteiger partial charge in [-0.2, -0.15) is 10.5 Å². The molecule has 5 rings (SSSR count). The molecule has 0 aliphatic heterocycles. The van der Waals surface area contributed by atoms with Crippen LogP contribution in [0.1, 0.15) is 48.9 Å². The average Bonchev–Trinajstić information content (AvgIpc) is 3.28. The second-order valence-corrected chi connectivity index (χ2v) is 9.86. The third-order valence-corrected chi connectivity index (χ3v) is 6.57. The van der Waals surface area contributed by atoms with Gasteiger partial charge in [0.25, 0.3) is 0 Å². The van der Waals surface area contributed by atoms with Crippen molar-refractivity contribution in [1.82, 2.24) is 9.97 Å². The molecule has 0 saturated carbocycles. The topological polar surface area (TPSA) is 96.5 Å². The van der Waals surface area contributed by atoms with Crippen LogP contribution in [0.4, 0.5) is 0 Å². The number of nitrogens with zero attached hydrogens (tertiary/aromatic N) is 3. The van der Waals surface area contributed by atoms with Crippen LogP contribution in [0.15, 0.2) is 54.6 Å². The quantitative estimate of drug-likeness (QED) is 0.287. The number of H-pyrrole nitrogens is 1. The summed E-state index contributed by atoms with van der Waals surface area (Å²) in [5.74, 6) is 0.525. The Labute approximate surface area is 204 Å². The van der Waals surface area contributed by atoms with E-state index in [4.69, 9.17) is 4.98 Å². The van der Waals surface area contributed by atoms with E-state index in [9.17, 15) is 15.6 Å². The van der Waals surface area contributed by atoms with Gasteiger partial charge in [0.05, 0.1) is 45.5 Å². The van der Waals surface area contributed by atoms with Gasteiger partial charge in [0.2, 0.25) is 0 Å². The molecule has 0 bridgehead atoms. The molecule has 0 fully saturated rings. The molecule has 0 amide bonds. The van der Waals surface area contributed by atoms with E-state index in [1.165, 1.54) is 11.1 Å². The third kappa shape index (κ3) is 4.12. The molecule has 1 aromatic heterocycles. The van der Waals surface area contributed by atoms with E-state index in [1.54, 1.807) is 18.2 Å². The highest BCUT2D eigenvalue weighted by molar-refractivity contribution is 6.23. The summed E-state index contributed by atoms with van der Waals surface area (Å²) in [6.07, 6.45) is 2.53. The second-order valence-electron chi connectivity index (χ2n) is 9.86. The molecule has 5 heteroatoms. The summed E-state index contributed by atoms with van der Waals surface area (Å²) in [5, 5.41) is 33.8. The van der Waals surface area contributed by atoms with Crippen molar-refractivity contribution in [2.45, 2.75) is 45.6 Å². The Morgan fingerprint density at radius 3 is 2.29 bits per heavy atom. The number of aromatic nitrogens is 2. The highest BCUT2D eigenvalue weighted by Gasteiger charge is 2.19. The van der Waals surface area contributed by atoms with E-state index in [2.05, 4.69) is 60.4 Å². The van der Waals surface area contributed by atoms with Crippen LogP contribution in [0, 0.1) is 29.6 Å². The van der Waals surface area contributed by atoms with Gasteiger partial charge in [-0.25, -0.2) is 4.98 Å². The predicted octanol–water partition coefficient (Wildman–Crippen LogP) is 6.68. The Kier molecular flexibility index (Phi) is 5.52. The minimum Gasteiger partial charge on any atom is -0.390 e. The number of aryl methyl sites for hydroxylation is 2. The van der Waals surface area contributed by atoms with E-state index in [-0.39, 0.29) is 0 Å². The van der Waals surface area contributed by atoms with E-state index in [0.29, 0.717) is 22.5 Å². The summed E-state index contributed by atoms with van der Waals surface area (Å²) in [5.41, 5.74) is 4.82. The number of imidazole rings is 1. The van der Waals surface area contributed by atoms with Gasteiger partial charge in [0, 0.05) is 10.8 Å². The summed E-state index contributed by atoms with van der Waals surface area (Å²) >= 11 is 0. The van der Waals surface area contributed by atoms with Crippen LogP contribution in [0.25, 0.3) is 44.0 Å². The molecule has 0 aliphatic rings. The summed E-state index contributed by atoms with van der Waals surface area (Å²) < 4.78 is 0. The molecule has 2 N–H and O–H groups in total.